The number of fused-ring (bicyclic) bond motifs is 1. The molecule has 166 valence electrons. The van der Waals surface area contributed by atoms with E-state index in [1.54, 1.807) is 0 Å². The Labute approximate surface area is 191 Å². The summed E-state index contributed by atoms with van der Waals surface area (Å²) in [6.07, 6.45) is 0. The predicted molar refractivity (Wildman–Crippen MR) is 129 cm³/mol. The van der Waals surface area contributed by atoms with Gasteiger partial charge >= 0.3 is 5.97 Å². The Kier molecular flexibility index (Phi) is 6.46. The Morgan fingerprint density at radius 3 is 2.56 bits per heavy atom. The van der Waals surface area contributed by atoms with Gasteiger partial charge in [0.1, 0.15) is 22.1 Å². The fraction of sp³-hybridized carbons (Fsp3) is 0.280. The van der Waals surface area contributed by atoms with E-state index in [1.807, 2.05) is 49.4 Å². The van der Waals surface area contributed by atoms with E-state index in [4.69, 9.17) is 14.5 Å². The van der Waals surface area contributed by atoms with Gasteiger partial charge in [0, 0.05) is 17.8 Å². The highest BCUT2D eigenvalue weighted by atomic mass is 32.1. The molecule has 0 saturated carbocycles. The average molecular weight is 450 g/mol. The van der Waals surface area contributed by atoms with Crippen LogP contribution < -0.4 is 10.1 Å². The number of aromatic nitrogens is 2. The average Bonchev–Trinajstić information content (AvgIpc) is 3.30. The number of hydrogen-bond donors (Lipinski definition) is 1. The smallest absolute Gasteiger partial charge is 0.350 e. The molecule has 2 aromatic carbocycles. The van der Waals surface area contributed by atoms with Crippen LogP contribution in [-0.4, -0.2) is 28.6 Å². The molecule has 2 heterocycles. The quantitative estimate of drug-likeness (QED) is 0.341. The summed E-state index contributed by atoms with van der Waals surface area (Å²) in [7, 11) is 0. The molecule has 0 radical (unpaired) electrons. The lowest BCUT2D eigenvalue weighted by atomic mass is 10.1. The number of rotatable bonds is 8. The first-order valence-electron chi connectivity index (χ1n) is 10.7. The van der Waals surface area contributed by atoms with Crippen LogP contribution in [0.4, 0.5) is 5.82 Å². The Morgan fingerprint density at radius 2 is 1.88 bits per heavy atom. The number of carbonyl (C=O) groups is 1. The third kappa shape index (κ3) is 4.34. The maximum atomic E-state index is 12.4. The summed E-state index contributed by atoms with van der Waals surface area (Å²) in [5.41, 5.74) is 5.03. The highest BCUT2D eigenvalue weighted by Gasteiger charge is 2.23. The van der Waals surface area contributed by atoms with Crippen LogP contribution in [0.25, 0.3) is 16.2 Å². The van der Waals surface area contributed by atoms with Gasteiger partial charge in [-0.2, -0.15) is 0 Å². The van der Waals surface area contributed by atoms with Crippen LogP contribution in [0.5, 0.6) is 5.75 Å². The third-order valence-corrected chi connectivity index (χ3v) is 6.27. The standard InChI is InChI=1S/C25H27N3O3S/c1-5-30-20-12-10-19(11-13-20)21-23(26-15-18-9-7-8-16(3)14-18)28-17(4)22(24(29)31-6-2)32-25(28)27-21/h7-14,26H,5-6,15H2,1-4H3. The first-order valence-corrected chi connectivity index (χ1v) is 11.5. The fourth-order valence-corrected chi connectivity index (χ4v) is 4.70. The van der Waals surface area contributed by atoms with Crippen molar-refractivity contribution < 1.29 is 14.3 Å². The van der Waals surface area contributed by atoms with Gasteiger partial charge in [-0.3, -0.25) is 4.40 Å². The fourth-order valence-electron chi connectivity index (χ4n) is 3.68. The predicted octanol–water partition coefficient (Wildman–Crippen LogP) is 5.87. The Bertz CT molecular complexity index is 1240. The number of nitrogens with one attached hydrogen (secondary N) is 1. The first-order chi connectivity index (χ1) is 15.5. The van der Waals surface area contributed by atoms with E-state index in [2.05, 4.69) is 36.5 Å². The van der Waals surface area contributed by atoms with Crippen LogP contribution in [0.2, 0.25) is 0 Å². The zero-order chi connectivity index (χ0) is 22.7. The van der Waals surface area contributed by atoms with Crippen molar-refractivity contribution in [1.29, 1.82) is 0 Å². The molecule has 0 aliphatic rings. The minimum atomic E-state index is -0.312. The molecule has 0 fully saturated rings. The Hall–Kier alpha value is -3.32. The number of esters is 1. The SMILES string of the molecule is CCOC(=O)c1sc2nc(-c3ccc(OCC)cc3)c(NCc3cccc(C)c3)n2c1C. The van der Waals surface area contributed by atoms with Crippen molar-refractivity contribution in [2.45, 2.75) is 34.2 Å². The summed E-state index contributed by atoms with van der Waals surface area (Å²) in [6, 6.07) is 16.3. The topological polar surface area (TPSA) is 64.9 Å². The molecule has 0 amide bonds. The maximum Gasteiger partial charge on any atom is 0.350 e. The summed E-state index contributed by atoms with van der Waals surface area (Å²) in [6.45, 7) is 9.40. The number of aryl methyl sites for hydroxylation is 2. The van der Waals surface area contributed by atoms with E-state index in [-0.39, 0.29) is 5.97 Å². The molecule has 2 aromatic heterocycles. The number of carbonyl (C=O) groups excluding carboxylic acids is 1. The third-order valence-electron chi connectivity index (χ3n) is 5.15. The van der Waals surface area contributed by atoms with Crippen LogP contribution >= 0.6 is 11.3 Å². The van der Waals surface area contributed by atoms with Crippen LogP contribution in [0.1, 0.15) is 40.3 Å². The lowest BCUT2D eigenvalue weighted by molar-refractivity contribution is 0.0531. The number of anilines is 1. The number of hydrogen-bond acceptors (Lipinski definition) is 6. The molecule has 6 nitrogen and oxygen atoms in total. The molecule has 0 bridgehead atoms. The van der Waals surface area contributed by atoms with Crippen molar-refractivity contribution in [3.8, 4) is 17.0 Å². The van der Waals surface area contributed by atoms with Gasteiger partial charge in [0.25, 0.3) is 0 Å². The van der Waals surface area contributed by atoms with E-state index in [0.29, 0.717) is 24.6 Å². The van der Waals surface area contributed by atoms with Gasteiger partial charge in [-0.25, -0.2) is 9.78 Å². The molecule has 4 aromatic rings. The number of benzene rings is 2. The zero-order valence-corrected chi connectivity index (χ0v) is 19.6. The second-order valence-electron chi connectivity index (χ2n) is 7.46. The van der Waals surface area contributed by atoms with Gasteiger partial charge in [0.15, 0.2) is 4.96 Å². The molecule has 0 spiro atoms. The minimum absolute atomic E-state index is 0.312. The first kappa shape index (κ1) is 21.9. The van der Waals surface area contributed by atoms with E-state index in [9.17, 15) is 4.79 Å². The lowest BCUT2D eigenvalue weighted by Crippen LogP contribution is -2.07. The maximum absolute atomic E-state index is 12.4. The summed E-state index contributed by atoms with van der Waals surface area (Å²) in [5.74, 6) is 1.37. The number of ether oxygens (including phenoxy) is 2. The molecular weight excluding hydrogens is 422 g/mol. The largest absolute Gasteiger partial charge is 0.494 e. The second kappa shape index (κ2) is 9.44. The second-order valence-corrected chi connectivity index (χ2v) is 8.44. The number of thiazole rings is 1. The van der Waals surface area contributed by atoms with Crippen molar-refractivity contribution in [3.05, 3.63) is 70.2 Å². The van der Waals surface area contributed by atoms with Gasteiger partial charge in [0.2, 0.25) is 0 Å². The lowest BCUT2D eigenvalue weighted by Gasteiger charge is -2.11. The number of nitrogens with zero attached hydrogens (tertiary/aromatic N) is 2. The normalized spacial score (nSPS) is 11.0. The molecule has 0 atom stereocenters. The van der Waals surface area contributed by atoms with Gasteiger partial charge < -0.3 is 14.8 Å². The van der Waals surface area contributed by atoms with E-state index < -0.39 is 0 Å². The van der Waals surface area contributed by atoms with Crippen LogP contribution in [-0.2, 0) is 11.3 Å². The number of imidazole rings is 1. The van der Waals surface area contributed by atoms with Gasteiger partial charge in [0.05, 0.1) is 13.2 Å². The van der Waals surface area contributed by atoms with Crippen molar-refractivity contribution in [2.24, 2.45) is 0 Å². The minimum Gasteiger partial charge on any atom is -0.494 e. The monoisotopic (exact) mass is 449 g/mol. The van der Waals surface area contributed by atoms with Gasteiger partial charge in [-0.1, -0.05) is 41.2 Å². The molecule has 7 heteroatoms. The van der Waals surface area contributed by atoms with Gasteiger partial charge in [-0.05, 0) is 57.5 Å². The van der Waals surface area contributed by atoms with E-state index >= 15 is 0 Å². The van der Waals surface area contributed by atoms with Crippen LogP contribution in [0, 0.1) is 13.8 Å². The summed E-state index contributed by atoms with van der Waals surface area (Å²) in [4.78, 5) is 18.6. The molecule has 0 unspecified atom stereocenters. The van der Waals surface area contributed by atoms with Crippen LogP contribution in [0.15, 0.2) is 48.5 Å². The van der Waals surface area contributed by atoms with Gasteiger partial charge in [-0.15, -0.1) is 0 Å². The van der Waals surface area contributed by atoms with E-state index in [1.165, 1.54) is 22.5 Å². The van der Waals surface area contributed by atoms with Crippen molar-refractivity contribution in [1.82, 2.24) is 9.38 Å². The van der Waals surface area contributed by atoms with Crippen molar-refractivity contribution in [2.75, 3.05) is 18.5 Å². The highest BCUT2D eigenvalue weighted by Crippen LogP contribution is 2.35. The molecule has 0 aliphatic heterocycles. The van der Waals surface area contributed by atoms with Crippen molar-refractivity contribution >= 4 is 28.1 Å². The van der Waals surface area contributed by atoms with Crippen LogP contribution in [0.3, 0.4) is 0 Å². The highest BCUT2D eigenvalue weighted by molar-refractivity contribution is 7.19. The summed E-state index contributed by atoms with van der Waals surface area (Å²) in [5, 5.41) is 3.57. The van der Waals surface area contributed by atoms with Crippen molar-refractivity contribution in [3.63, 3.8) is 0 Å². The summed E-state index contributed by atoms with van der Waals surface area (Å²) < 4.78 is 12.8. The zero-order valence-electron chi connectivity index (χ0n) is 18.8. The van der Waals surface area contributed by atoms with E-state index in [0.717, 1.165) is 33.5 Å². The molecule has 32 heavy (non-hydrogen) atoms. The summed E-state index contributed by atoms with van der Waals surface area (Å²) >= 11 is 1.35. The molecule has 1 N–H and O–H groups in total. The Balaban J connectivity index is 1.77. The molecule has 0 saturated heterocycles. The Morgan fingerprint density at radius 1 is 1.09 bits per heavy atom. The molecule has 0 aliphatic carbocycles. The molecule has 4 rings (SSSR count). The molecular formula is C25H27N3O3S.